The molecule has 1 atom stereocenters. The Bertz CT molecular complexity index is 531. The highest BCUT2D eigenvalue weighted by Gasteiger charge is 2.22. The zero-order valence-corrected chi connectivity index (χ0v) is 10.3. The van der Waals surface area contributed by atoms with Crippen molar-refractivity contribution in [3.63, 3.8) is 0 Å². The fourth-order valence-electron chi connectivity index (χ4n) is 1.15. The SMILES string of the molecule is COC(=O)C(O)CNS(=O)(=O)c1ccccc1F. The van der Waals surface area contributed by atoms with Gasteiger partial charge >= 0.3 is 5.97 Å². The molecule has 0 fully saturated rings. The molecular formula is C10H12FNO5S. The summed E-state index contributed by atoms with van der Waals surface area (Å²) in [5.41, 5.74) is 0. The van der Waals surface area contributed by atoms with Crippen molar-refractivity contribution in [2.24, 2.45) is 0 Å². The Balaban J connectivity index is 2.78. The van der Waals surface area contributed by atoms with E-state index in [-0.39, 0.29) is 0 Å². The topological polar surface area (TPSA) is 92.7 Å². The third kappa shape index (κ3) is 3.49. The summed E-state index contributed by atoms with van der Waals surface area (Å²) in [4.78, 5) is 10.3. The lowest BCUT2D eigenvalue weighted by Crippen LogP contribution is -2.37. The fraction of sp³-hybridized carbons (Fsp3) is 0.300. The van der Waals surface area contributed by atoms with Crippen molar-refractivity contribution in [1.29, 1.82) is 0 Å². The largest absolute Gasteiger partial charge is 0.467 e. The standard InChI is InChI=1S/C10H12FNO5S/c1-17-10(14)8(13)6-12-18(15,16)9-5-3-2-4-7(9)11/h2-5,8,12-13H,6H2,1H3. The molecule has 0 heterocycles. The van der Waals surface area contributed by atoms with Crippen LogP contribution in [0.25, 0.3) is 0 Å². The summed E-state index contributed by atoms with van der Waals surface area (Å²) in [7, 11) is -3.07. The van der Waals surface area contributed by atoms with Crippen molar-refractivity contribution in [1.82, 2.24) is 4.72 Å². The number of ether oxygens (including phenoxy) is 1. The molecule has 0 aromatic heterocycles. The zero-order chi connectivity index (χ0) is 13.8. The van der Waals surface area contributed by atoms with E-state index in [1.54, 1.807) is 0 Å². The number of halogens is 1. The number of carbonyl (C=O) groups is 1. The van der Waals surface area contributed by atoms with E-state index in [1.807, 2.05) is 4.72 Å². The van der Waals surface area contributed by atoms with Gasteiger partial charge in [-0.3, -0.25) is 0 Å². The van der Waals surface area contributed by atoms with Gasteiger partial charge in [0, 0.05) is 6.54 Å². The molecule has 0 aliphatic rings. The number of hydrogen-bond acceptors (Lipinski definition) is 5. The number of aliphatic hydroxyl groups excluding tert-OH is 1. The predicted octanol–water partition coefficient (Wildman–Crippen LogP) is -0.362. The minimum absolute atomic E-state index is 0.554. The zero-order valence-electron chi connectivity index (χ0n) is 9.46. The van der Waals surface area contributed by atoms with Gasteiger partial charge in [-0.05, 0) is 12.1 Å². The summed E-state index contributed by atoms with van der Waals surface area (Å²) < 4.78 is 42.7. The molecule has 6 nitrogen and oxygen atoms in total. The first-order chi connectivity index (χ1) is 8.38. The second-order valence-electron chi connectivity index (χ2n) is 3.32. The van der Waals surface area contributed by atoms with Gasteiger partial charge in [0.05, 0.1) is 7.11 Å². The second kappa shape index (κ2) is 5.89. The van der Waals surface area contributed by atoms with Crippen LogP contribution in [0.2, 0.25) is 0 Å². The smallest absolute Gasteiger partial charge is 0.336 e. The van der Waals surface area contributed by atoms with Crippen molar-refractivity contribution in [3.05, 3.63) is 30.1 Å². The molecule has 2 N–H and O–H groups in total. The molecule has 0 radical (unpaired) electrons. The highest BCUT2D eigenvalue weighted by molar-refractivity contribution is 7.89. The van der Waals surface area contributed by atoms with Gasteiger partial charge in [-0.15, -0.1) is 0 Å². The van der Waals surface area contributed by atoms with E-state index in [4.69, 9.17) is 0 Å². The monoisotopic (exact) mass is 277 g/mol. The maximum Gasteiger partial charge on any atom is 0.336 e. The van der Waals surface area contributed by atoms with Crippen molar-refractivity contribution >= 4 is 16.0 Å². The lowest BCUT2D eigenvalue weighted by atomic mass is 10.3. The van der Waals surface area contributed by atoms with Gasteiger partial charge in [0.1, 0.15) is 10.7 Å². The number of rotatable bonds is 5. The summed E-state index contributed by atoms with van der Waals surface area (Å²) >= 11 is 0. The van der Waals surface area contributed by atoms with Gasteiger partial charge in [-0.1, -0.05) is 12.1 Å². The van der Waals surface area contributed by atoms with Gasteiger partial charge in [-0.2, -0.15) is 0 Å². The molecule has 0 spiro atoms. The Morgan fingerprint density at radius 3 is 2.67 bits per heavy atom. The molecule has 1 unspecified atom stereocenters. The summed E-state index contributed by atoms with van der Waals surface area (Å²) in [6, 6.07) is 4.76. The van der Waals surface area contributed by atoms with E-state index in [0.717, 1.165) is 19.2 Å². The van der Waals surface area contributed by atoms with Crippen LogP contribution in [0.15, 0.2) is 29.2 Å². The lowest BCUT2D eigenvalue weighted by molar-refractivity contribution is -0.149. The van der Waals surface area contributed by atoms with Gasteiger partial charge in [-0.25, -0.2) is 22.3 Å². The number of sulfonamides is 1. The average molecular weight is 277 g/mol. The Labute approximate surface area is 103 Å². The number of carbonyl (C=O) groups excluding carboxylic acids is 1. The van der Waals surface area contributed by atoms with Crippen LogP contribution in [0.1, 0.15) is 0 Å². The normalized spacial score (nSPS) is 13.1. The van der Waals surface area contributed by atoms with Crippen LogP contribution in [0.4, 0.5) is 4.39 Å². The average Bonchev–Trinajstić information content (AvgIpc) is 2.35. The third-order valence-electron chi connectivity index (χ3n) is 2.07. The van der Waals surface area contributed by atoms with E-state index in [9.17, 15) is 22.7 Å². The third-order valence-corrected chi connectivity index (χ3v) is 3.52. The minimum Gasteiger partial charge on any atom is -0.467 e. The Morgan fingerprint density at radius 2 is 2.11 bits per heavy atom. The maximum absolute atomic E-state index is 13.3. The van der Waals surface area contributed by atoms with Gasteiger partial charge in [0.2, 0.25) is 10.0 Å². The van der Waals surface area contributed by atoms with Crippen molar-refractivity contribution in [2.75, 3.05) is 13.7 Å². The number of esters is 1. The van der Waals surface area contributed by atoms with Crippen molar-refractivity contribution in [3.8, 4) is 0 Å². The first kappa shape index (κ1) is 14.6. The molecule has 1 aromatic rings. The molecule has 1 rings (SSSR count). The minimum atomic E-state index is -4.12. The number of benzene rings is 1. The van der Waals surface area contributed by atoms with Crippen molar-refractivity contribution < 1.29 is 27.4 Å². The molecule has 100 valence electrons. The molecule has 0 saturated carbocycles. The van der Waals surface area contributed by atoms with Crippen LogP contribution in [-0.2, 0) is 19.6 Å². The molecule has 0 amide bonds. The maximum atomic E-state index is 13.3. The molecular weight excluding hydrogens is 265 g/mol. The first-order valence-electron chi connectivity index (χ1n) is 4.88. The van der Waals surface area contributed by atoms with E-state index in [0.29, 0.717) is 0 Å². The Hall–Kier alpha value is -1.51. The molecule has 0 saturated heterocycles. The van der Waals surface area contributed by atoms with E-state index in [1.165, 1.54) is 12.1 Å². The quantitative estimate of drug-likeness (QED) is 0.717. The summed E-state index contributed by atoms with van der Waals surface area (Å²) in [6.07, 6.45) is -1.64. The van der Waals surface area contributed by atoms with E-state index in [2.05, 4.69) is 4.74 Å². The van der Waals surface area contributed by atoms with Gasteiger partial charge < -0.3 is 9.84 Å². The first-order valence-corrected chi connectivity index (χ1v) is 6.37. The van der Waals surface area contributed by atoms with Crippen LogP contribution < -0.4 is 4.72 Å². The number of aliphatic hydroxyl groups is 1. The lowest BCUT2D eigenvalue weighted by Gasteiger charge is -2.10. The molecule has 18 heavy (non-hydrogen) atoms. The highest BCUT2D eigenvalue weighted by Crippen LogP contribution is 2.12. The van der Waals surface area contributed by atoms with E-state index >= 15 is 0 Å². The highest BCUT2D eigenvalue weighted by atomic mass is 32.2. The van der Waals surface area contributed by atoms with Crippen LogP contribution in [-0.4, -0.2) is 39.3 Å². The molecule has 0 aliphatic heterocycles. The van der Waals surface area contributed by atoms with Crippen LogP contribution in [0.5, 0.6) is 0 Å². The number of methoxy groups -OCH3 is 1. The second-order valence-corrected chi connectivity index (χ2v) is 5.06. The number of nitrogens with one attached hydrogen (secondary N) is 1. The summed E-state index contributed by atoms with van der Waals surface area (Å²) in [6.45, 7) is -0.594. The van der Waals surface area contributed by atoms with E-state index < -0.39 is 39.4 Å². The van der Waals surface area contributed by atoms with Gasteiger partial charge in [0.15, 0.2) is 6.10 Å². The van der Waals surface area contributed by atoms with Crippen molar-refractivity contribution in [2.45, 2.75) is 11.0 Å². The van der Waals surface area contributed by atoms with Crippen LogP contribution in [0, 0.1) is 5.82 Å². The summed E-state index contributed by atoms with van der Waals surface area (Å²) in [5.74, 6) is -1.90. The summed E-state index contributed by atoms with van der Waals surface area (Å²) in [5, 5.41) is 9.20. The van der Waals surface area contributed by atoms with Gasteiger partial charge in [0.25, 0.3) is 0 Å². The fourth-order valence-corrected chi connectivity index (χ4v) is 2.26. The molecule has 0 aliphatic carbocycles. The van der Waals surface area contributed by atoms with Crippen LogP contribution >= 0.6 is 0 Å². The predicted molar refractivity (Wildman–Crippen MR) is 59.6 cm³/mol. The Morgan fingerprint density at radius 1 is 1.50 bits per heavy atom. The molecule has 0 bridgehead atoms. The van der Waals surface area contributed by atoms with Crippen LogP contribution in [0.3, 0.4) is 0 Å². The molecule has 1 aromatic carbocycles. The number of hydrogen-bond donors (Lipinski definition) is 2. The molecule has 8 heteroatoms. The Kier molecular flexibility index (Phi) is 4.76.